The highest BCUT2D eigenvalue weighted by molar-refractivity contribution is 6.35. The largest absolute Gasteiger partial charge is 0.347 e. The normalized spacial score (nSPS) is 10.6. The molecule has 0 saturated carbocycles. The van der Waals surface area contributed by atoms with Crippen LogP contribution in [0.25, 0.3) is 6.08 Å². The van der Waals surface area contributed by atoms with Crippen LogP contribution in [0.4, 0.5) is 5.69 Å². The van der Waals surface area contributed by atoms with Gasteiger partial charge >= 0.3 is 0 Å². The molecule has 5 heteroatoms. The third kappa shape index (κ3) is 4.00. The number of halogens is 2. The number of hydrogen-bond donors (Lipinski definition) is 1. The predicted molar refractivity (Wildman–Crippen MR) is 84.8 cm³/mol. The molecule has 0 amide bonds. The quantitative estimate of drug-likeness (QED) is 0.825. The van der Waals surface area contributed by atoms with Gasteiger partial charge in [0.2, 0.25) is 0 Å². The van der Waals surface area contributed by atoms with E-state index in [4.69, 9.17) is 28.5 Å². The van der Waals surface area contributed by atoms with E-state index >= 15 is 0 Å². The first-order chi connectivity index (χ1) is 10.1. The van der Waals surface area contributed by atoms with Crippen molar-refractivity contribution in [3.05, 3.63) is 69.3 Å². The Labute approximate surface area is 132 Å². The molecular weight excluding hydrogens is 305 g/mol. The molecule has 0 radical (unpaired) electrons. The fourth-order valence-corrected chi connectivity index (χ4v) is 2.12. The molecule has 0 aromatic heterocycles. The lowest BCUT2D eigenvalue weighted by molar-refractivity contribution is 1.43. The van der Waals surface area contributed by atoms with Gasteiger partial charge < -0.3 is 5.32 Å². The maximum Gasteiger partial charge on any atom is 0.118 e. The summed E-state index contributed by atoms with van der Waals surface area (Å²) < 4.78 is 0. The van der Waals surface area contributed by atoms with Gasteiger partial charge in [0.1, 0.15) is 11.8 Å². The van der Waals surface area contributed by atoms with Crippen molar-refractivity contribution in [2.45, 2.75) is 0 Å². The van der Waals surface area contributed by atoms with Crippen LogP contribution in [0.1, 0.15) is 11.1 Å². The molecule has 2 aromatic rings. The van der Waals surface area contributed by atoms with Gasteiger partial charge in [-0.3, -0.25) is 0 Å². The van der Waals surface area contributed by atoms with Gasteiger partial charge in [0.15, 0.2) is 0 Å². The molecule has 102 valence electrons. The van der Waals surface area contributed by atoms with Crippen LogP contribution in [0.3, 0.4) is 0 Å². The zero-order valence-corrected chi connectivity index (χ0v) is 12.3. The minimum atomic E-state index is 0.337. The van der Waals surface area contributed by atoms with Gasteiger partial charge in [-0.05, 0) is 48.0 Å². The number of allylic oxidation sites excluding steroid dienone is 1. The number of anilines is 1. The summed E-state index contributed by atoms with van der Waals surface area (Å²) >= 11 is 11.9. The average Bonchev–Trinajstić information content (AvgIpc) is 2.49. The SMILES string of the molecule is N#C/C(=C\c1ccc(Cl)cc1Cl)Nc1ccc(C#N)cc1. The summed E-state index contributed by atoms with van der Waals surface area (Å²) in [6.07, 6.45) is 1.64. The Balaban J connectivity index is 2.25. The summed E-state index contributed by atoms with van der Waals surface area (Å²) in [7, 11) is 0. The highest BCUT2D eigenvalue weighted by Gasteiger charge is 2.02. The zero-order valence-electron chi connectivity index (χ0n) is 10.8. The summed E-state index contributed by atoms with van der Waals surface area (Å²) in [6.45, 7) is 0. The van der Waals surface area contributed by atoms with Crippen molar-refractivity contribution in [3.63, 3.8) is 0 Å². The van der Waals surface area contributed by atoms with Crippen molar-refractivity contribution in [2.24, 2.45) is 0 Å². The second kappa shape index (κ2) is 6.81. The van der Waals surface area contributed by atoms with Gasteiger partial charge in [-0.1, -0.05) is 29.3 Å². The topological polar surface area (TPSA) is 59.6 Å². The Morgan fingerprint density at radius 2 is 1.76 bits per heavy atom. The third-order valence-corrected chi connectivity index (χ3v) is 3.24. The van der Waals surface area contributed by atoms with Crippen LogP contribution in [0, 0.1) is 22.7 Å². The molecule has 0 aliphatic carbocycles. The molecule has 2 rings (SSSR count). The van der Waals surface area contributed by atoms with Crippen molar-refractivity contribution < 1.29 is 0 Å². The standard InChI is InChI=1S/C16H9Cl2N3/c17-13-4-3-12(16(18)8-13)7-15(10-20)21-14-5-1-11(9-19)2-6-14/h1-8,21H/b15-7+. The molecule has 0 atom stereocenters. The minimum absolute atomic E-state index is 0.337. The fourth-order valence-electron chi connectivity index (χ4n) is 1.65. The van der Waals surface area contributed by atoms with E-state index in [0.29, 0.717) is 32.6 Å². The number of nitrogens with zero attached hydrogens (tertiary/aromatic N) is 2. The first-order valence-corrected chi connectivity index (χ1v) is 6.72. The average molecular weight is 314 g/mol. The molecule has 0 unspecified atom stereocenters. The molecule has 3 nitrogen and oxygen atoms in total. The van der Waals surface area contributed by atoms with Gasteiger partial charge in [0, 0.05) is 15.7 Å². The highest BCUT2D eigenvalue weighted by Crippen LogP contribution is 2.23. The number of nitrogens with one attached hydrogen (secondary N) is 1. The molecule has 0 fully saturated rings. The van der Waals surface area contributed by atoms with Crippen LogP contribution in [0.2, 0.25) is 10.0 Å². The van der Waals surface area contributed by atoms with E-state index in [0.717, 1.165) is 0 Å². The van der Waals surface area contributed by atoms with Gasteiger partial charge in [-0.2, -0.15) is 10.5 Å². The third-order valence-electron chi connectivity index (χ3n) is 2.68. The summed E-state index contributed by atoms with van der Waals surface area (Å²) in [4.78, 5) is 0. The van der Waals surface area contributed by atoms with Crippen LogP contribution >= 0.6 is 23.2 Å². The monoisotopic (exact) mass is 313 g/mol. The number of benzene rings is 2. The Bertz CT molecular complexity index is 766. The van der Waals surface area contributed by atoms with Crippen molar-refractivity contribution >= 4 is 35.0 Å². The van der Waals surface area contributed by atoms with E-state index in [2.05, 4.69) is 11.4 Å². The van der Waals surface area contributed by atoms with E-state index in [9.17, 15) is 5.26 Å². The lowest BCUT2D eigenvalue weighted by Gasteiger charge is -2.05. The second-order valence-corrected chi connectivity index (χ2v) is 4.99. The van der Waals surface area contributed by atoms with E-state index < -0.39 is 0 Å². The maximum absolute atomic E-state index is 9.19. The molecule has 21 heavy (non-hydrogen) atoms. The van der Waals surface area contributed by atoms with Gasteiger partial charge in [-0.15, -0.1) is 0 Å². The molecule has 0 heterocycles. The minimum Gasteiger partial charge on any atom is -0.347 e. The summed E-state index contributed by atoms with van der Waals surface area (Å²) in [5.74, 6) is 0. The van der Waals surface area contributed by atoms with E-state index in [1.807, 2.05) is 6.07 Å². The summed E-state index contributed by atoms with van der Waals surface area (Å²) in [5, 5.41) is 21.9. The van der Waals surface area contributed by atoms with E-state index in [1.54, 1.807) is 48.5 Å². The van der Waals surface area contributed by atoms with Crippen LogP contribution in [0.5, 0.6) is 0 Å². The molecular formula is C16H9Cl2N3. The Kier molecular flexibility index (Phi) is 4.85. The molecule has 0 saturated heterocycles. The smallest absolute Gasteiger partial charge is 0.118 e. The van der Waals surface area contributed by atoms with Crippen molar-refractivity contribution in [1.82, 2.24) is 0 Å². The van der Waals surface area contributed by atoms with Crippen molar-refractivity contribution in [2.75, 3.05) is 5.32 Å². The number of nitriles is 2. The molecule has 1 N–H and O–H groups in total. The predicted octanol–water partition coefficient (Wildman–Crippen LogP) is 4.84. The van der Waals surface area contributed by atoms with Gasteiger partial charge in [-0.25, -0.2) is 0 Å². The second-order valence-electron chi connectivity index (χ2n) is 4.15. The van der Waals surface area contributed by atoms with Crippen molar-refractivity contribution in [3.8, 4) is 12.1 Å². The van der Waals surface area contributed by atoms with Crippen LogP contribution in [-0.4, -0.2) is 0 Å². The molecule has 0 aliphatic heterocycles. The fraction of sp³-hybridized carbons (Fsp3) is 0. The lowest BCUT2D eigenvalue weighted by Crippen LogP contribution is -1.97. The highest BCUT2D eigenvalue weighted by atomic mass is 35.5. The first-order valence-electron chi connectivity index (χ1n) is 5.96. The zero-order chi connectivity index (χ0) is 15.2. The molecule has 0 spiro atoms. The first kappa shape index (κ1) is 14.9. The van der Waals surface area contributed by atoms with Gasteiger partial charge in [0.25, 0.3) is 0 Å². The van der Waals surface area contributed by atoms with Crippen LogP contribution in [-0.2, 0) is 0 Å². The van der Waals surface area contributed by atoms with Crippen LogP contribution in [0.15, 0.2) is 48.2 Å². The van der Waals surface area contributed by atoms with Gasteiger partial charge in [0.05, 0.1) is 11.6 Å². The number of rotatable bonds is 3. The molecule has 0 bridgehead atoms. The van der Waals surface area contributed by atoms with Crippen molar-refractivity contribution in [1.29, 1.82) is 10.5 Å². The van der Waals surface area contributed by atoms with E-state index in [1.165, 1.54) is 0 Å². The Morgan fingerprint density at radius 3 is 2.33 bits per heavy atom. The summed E-state index contributed by atoms with van der Waals surface area (Å²) in [6, 6.07) is 16.0. The molecule has 2 aromatic carbocycles. The molecule has 0 aliphatic rings. The Morgan fingerprint density at radius 1 is 1.05 bits per heavy atom. The maximum atomic E-state index is 9.19. The Hall–Kier alpha value is -2.46. The summed E-state index contributed by atoms with van der Waals surface area (Å²) in [5.41, 5.74) is 2.30. The number of hydrogen-bond acceptors (Lipinski definition) is 3. The van der Waals surface area contributed by atoms with E-state index in [-0.39, 0.29) is 0 Å². The lowest BCUT2D eigenvalue weighted by atomic mass is 10.2. The van der Waals surface area contributed by atoms with Crippen LogP contribution < -0.4 is 5.32 Å².